The number of aliphatic hydroxyl groups excluding tert-OH is 1. The number of carbonyl (C=O) groups is 1. The molecule has 3 aliphatic rings. The van der Waals surface area contributed by atoms with Crippen molar-refractivity contribution in [2.45, 2.75) is 56.8 Å². The SMILES string of the molecule is CN=S1CCN(c2ccc(-c3nc4c(cc3Cl)nc(O[C@@H]3CO[C@H]5[C@@H]3OC[C@H]5O)n4COCC[Si](C)(C)C)cc2)C(=O)C1. The fourth-order valence-electron chi connectivity index (χ4n) is 5.47. The van der Waals surface area contributed by atoms with Gasteiger partial charge in [-0.3, -0.25) is 13.7 Å². The minimum absolute atomic E-state index is 0.0903. The fraction of sp³-hybridized carbons (Fsp3) is 0.552. The highest BCUT2D eigenvalue weighted by atomic mass is 35.5. The van der Waals surface area contributed by atoms with Crippen LogP contribution in [0.15, 0.2) is 34.7 Å². The first-order valence-electron chi connectivity index (χ1n) is 14.5. The number of anilines is 1. The lowest BCUT2D eigenvalue weighted by atomic mass is 10.1. The van der Waals surface area contributed by atoms with E-state index in [1.807, 2.05) is 33.7 Å². The lowest BCUT2D eigenvalue weighted by molar-refractivity contribution is -0.116. The Morgan fingerprint density at radius 3 is 2.65 bits per heavy atom. The van der Waals surface area contributed by atoms with Gasteiger partial charge >= 0.3 is 6.01 Å². The number of halogens is 1. The average Bonchev–Trinajstić information content (AvgIpc) is 3.65. The summed E-state index contributed by atoms with van der Waals surface area (Å²) in [7, 11) is 0.310. The van der Waals surface area contributed by atoms with Crippen LogP contribution in [0.3, 0.4) is 0 Å². The van der Waals surface area contributed by atoms with Gasteiger partial charge < -0.3 is 29.0 Å². The Hall–Kier alpha value is -2.39. The van der Waals surface area contributed by atoms with Gasteiger partial charge in [0.2, 0.25) is 5.91 Å². The number of amides is 1. The van der Waals surface area contributed by atoms with Gasteiger partial charge in [0, 0.05) is 45.3 Å². The van der Waals surface area contributed by atoms with Gasteiger partial charge in [-0.25, -0.2) is 4.98 Å². The first-order valence-corrected chi connectivity index (χ1v) is 20.1. The number of carbonyl (C=O) groups excluding carboxylic acids is 1. The summed E-state index contributed by atoms with van der Waals surface area (Å²) in [6, 6.07) is 10.9. The Morgan fingerprint density at radius 2 is 1.93 bits per heavy atom. The standard InChI is InChI=1S/C29H38ClN5O6SSi/c1-31-42-11-9-34(24(37)16-42)19-7-5-18(6-8-19)25-20(30)13-21-28(33-25)35(17-38-10-12-43(2,3)4)29(32-21)41-23-15-40-26-22(36)14-39-27(23)26/h5-8,13,22-23,26-27,36H,9-12,14-17H2,1-4H3/t22-,23-,26-,27-,42?/m1/s1. The van der Waals surface area contributed by atoms with Crippen LogP contribution in [0.2, 0.25) is 30.7 Å². The molecule has 3 fully saturated rings. The highest BCUT2D eigenvalue weighted by Crippen LogP contribution is 2.34. The average molecular weight is 648 g/mol. The van der Waals surface area contributed by atoms with E-state index in [-0.39, 0.29) is 42.6 Å². The van der Waals surface area contributed by atoms with Crippen molar-refractivity contribution in [3.63, 3.8) is 0 Å². The van der Waals surface area contributed by atoms with Crippen molar-refractivity contribution >= 4 is 53.1 Å². The number of hydrogen-bond acceptors (Lipinski definition) is 9. The Kier molecular flexibility index (Phi) is 8.93. The highest BCUT2D eigenvalue weighted by molar-refractivity contribution is 7.88. The number of fused-ring (bicyclic) bond motifs is 2. The summed E-state index contributed by atoms with van der Waals surface area (Å²) >= 11 is 6.76. The molecule has 1 amide bonds. The number of imidazole rings is 1. The molecule has 43 heavy (non-hydrogen) atoms. The third-order valence-corrected chi connectivity index (χ3v) is 11.7. The smallest absolute Gasteiger partial charge is 0.301 e. The van der Waals surface area contributed by atoms with Gasteiger partial charge in [0.1, 0.15) is 30.6 Å². The maximum atomic E-state index is 12.7. The molecule has 0 saturated carbocycles. The van der Waals surface area contributed by atoms with Gasteiger partial charge in [-0.1, -0.05) is 54.1 Å². The fourth-order valence-corrected chi connectivity index (χ4v) is 7.77. The number of hydrogen-bond donors (Lipinski definition) is 1. The summed E-state index contributed by atoms with van der Waals surface area (Å²) < 4.78 is 30.1. The van der Waals surface area contributed by atoms with E-state index in [1.54, 1.807) is 13.1 Å². The second-order valence-corrected chi connectivity index (χ2v) is 20.3. The predicted molar refractivity (Wildman–Crippen MR) is 170 cm³/mol. The third kappa shape index (κ3) is 6.53. The number of nitrogens with zero attached hydrogens (tertiary/aromatic N) is 5. The second kappa shape index (κ2) is 12.5. The minimum atomic E-state index is -1.28. The number of aliphatic hydroxyl groups is 1. The van der Waals surface area contributed by atoms with Crippen molar-refractivity contribution < 1.29 is 28.8 Å². The number of rotatable bonds is 9. The molecule has 3 aliphatic heterocycles. The largest absolute Gasteiger partial charge is 0.456 e. The number of pyridine rings is 1. The quantitative estimate of drug-likeness (QED) is 0.276. The van der Waals surface area contributed by atoms with Crippen LogP contribution in [0.5, 0.6) is 6.01 Å². The topological polar surface area (TPSA) is 121 Å². The van der Waals surface area contributed by atoms with Crippen LogP contribution in [0.4, 0.5) is 5.69 Å². The van der Waals surface area contributed by atoms with E-state index in [9.17, 15) is 9.90 Å². The van der Waals surface area contributed by atoms with Gasteiger partial charge in [0.25, 0.3) is 0 Å². The molecule has 1 unspecified atom stereocenters. The first-order chi connectivity index (χ1) is 20.6. The lowest BCUT2D eigenvalue weighted by Gasteiger charge is -2.28. The molecule has 3 saturated heterocycles. The van der Waals surface area contributed by atoms with Gasteiger partial charge in [-0.05, 0) is 24.2 Å². The molecule has 2 aromatic heterocycles. The monoisotopic (exact) mass is 647 g/mol. The summed E-state index contributed by atoms with van der Waals surface area (Å²) in [5.41, 5.74) is 3.42. The van der Waals surface area contributed by atoms with Crippen LogP contribution in [-0.4, -0.2) is 103 Å². The van der Waals surface area contributed by atoms with E-state index in [2.05, 4.69) is 24.0 Å². The van der Waals surface area contributed by atoms with Crippen molar-refractivity contribution in [1.29, 1.82) is 0 Å². The molecule has 1 aromatic carbocycles. The Labute approximate surface area is 259 Å². The van der Waals surface area contributed by atoms with Crippen molar-refractivity contribution in [2.75, 3.05) is 49.8 Å². The van der Waals surface area contributed by atoms with E-state index >= 15 is 0 Å². The van der Waals surface area contributed by atoms with Gasteiger partial charge in [0.05, 0.1) is 29.7 Å². The van der Waals surface area contributed by atoms with E-state index in [4.69, 9.17) is 40.5 Å². The molecule has 11 nitrogen and oxygen atoms in total. The summed E-state index contributed by atoms with van der Waals surface area (Å²) in [6.07, 6.45) is -1.90. The van der Waals surface area contributed by atoms with Crippen LogP contribution >= 0.6 is 11.6 Å². The van der Waals surface area contributed by atoms with Crippen molar-refractivity contribution in [2.24, 2.45) is 4.36 Å². The number of aromatic nitrogens is 3. The summed E-state index contributed by atoms with van der Waals surface area (Å²) in [6.45, 7) is 8.90. The van der Waals surface area contributed by atoms with Gasteiger partial charge in [-0.2, -0.15) is 4.98 Å². The molecule has 0 spiro atoms. The molecule has 0 bridgehead atoms. The zero-order chi connectivity index (χ0) is 30.3. The molecule has 3 aromatic rings. The van der Waals surface area contributed by atoms with Crippen LogP contribution in [-0.2, 0) is 36.4 Å². The molecule has 6 rings (SSSR count). The maximum absolute atomic E-state index is 12.7. The molecular weight excluding hydrogens is 610 g/mol. The van der Waals surface area contributed by atoms with Crippen LogP contribution < -0.4 is 9.64 Å². The second-order valence-electron chi connectivity index (χ2n) is 12.2. The third-order valence-electron chi connectivity index (χ3n) is 7.95. The molecule has 5 atom stereocenters. The minimum Gasteiger partial charge on any atom is -0.456 e. The summed E-state index contributed by atoms with van der Waals surface area (Å²) in [5.74, 6) is 1.42. The Bertz CT molecular complexity index is 1530. The Morgan fingerprint density at radius 1 is 1.16 bits per heavy atom. The number of benzene rings is 1. The summed E-state index contributed by atoms with van der Waals surface area (Å²) in [4.78, 5) is 24.2. The normalized spacial score (nSPS) is 26.0. The van der Waals surface area contributed by atoms with E-state index in [0.717, 1.165) is 23.0 Å². The maximum Gasteiger partial charge on any atom is 0.301 e. The van der Waals surface area contributed by atoms with Crippen LogP contribution in [0.1, 0.15) is 0 Å². The zero-order valence-electron chi connectivity index (χ0n) is 24.9. The molecule has 1 N–H and O–H groups in total. The molecule has 0 radical (unpaired) electrons. The van der Waals surface area contributed by atoms with Crippen LogP contribution in [0, 0.1) is 0 Å². The first kappa shape index (κ1) is 30.6. The molecule has 5 heterocycles. The zero-order valence-corrected chi connectivity index (χ0v) is 27.4. The Balaban J connectivity index is 1.28. The lowest BCUT2D eigenvalue weighted by Crippen LogP contribution is -2.42. The van der Waals surface area contributed by atoms with Crippen LogP contribution in [0.25, 0.3) is 22.4 Å². The molecule has 0 aliphatic carbocycles. The van der Waals surface area contributed by atoms with E-state index in [0.29, 0.717) is 46.8 Å². The van der Waals surface area contributed by atoms with Crippen molar-refractivity contribution in [3.8, 4) is 17.3 Å². The van der Waals surface area contributed by atoms with Crippen molar-refractivity contribution in [1.82, 2.24) is 14.5 Å². The highest BCUT2D eigenvalue weighted by Gasteiger charge is 2.49. The predicted octanol–water partition coefficient (Wildman–Crippen LogP) is 3.75. The van der Waals surface area contributed by atoms with Crippen molar-refractivity contribution in [3.05, 3.63) is 35.4 Å². The van der Waals surface area contributed by atoms with E-state index in [1.165, 1.54) is 0 Å². The van der Waals surface area contributed by atoms with Gasteiger partial charge in [-0.15, -0.1) is 0 Å². The molecule has 14 heteroatoms. The van der Waals surface area contributed by atoms with E-state index < -0.39 is 26.4 Å². The molecular formula is C29H38ClN5O6SSi. The molecule has 232 valence electrons. The summed E-state index contributed by atoms with van der Waals surface area (Å²) in [5, 5.41) is 10.6. The number of ether oxygens (including phenoxy) is 4. The van der Waals surface area contributed by atoms with Gasteiger partial charge in [0.15, 0.2) is 11.8 Å².